The summed E-state index contributed by atoms with van der Waals surface area (Å²) in [6, 6.07) is 3.34. The van der Waals surface area contributed by atoms with E-state index < -0.39 is 12.0 Å². The summed E-state index contributed by atoms with van der Waals surface area (Å²) in [4.78, 5) is 47.1. The zero-order valence-corrected chi connectivity index (χ0v) is 16.0. The summed E-state index contributed by atoms with van der Waals surface area (Å²) in [5.41, 5.74) is 3.70. The predicted molar refractivity (Wildman–Crippen MR) is 102 cm³/mol. The molecular weight excluding hydrogens is 384 g/mol. The summed E-state index contributed by atoms with van der Waals surface area (Å²) >= 11 is 1.26. The summed E-state index contributed by atoms with van der Waals surface area (Å²) in [6.45, 7) is 1.39. The van der Waals surface area contributed by atoms with Crippen molar-refractivity contribution in [1.29, 1.82) is 0 Å². The Morgan fingerprint density at radius 3 is 2.93 bits per heavy atom. The van der Waals surface area contributed by atoms with Crippen molar-refractivity contribution >= 4 is 34.9 Å². The highest BCUT2D eigenvalue weighted by Crippen LogP contribution is 2.24. The van der Waals surface area contributed by atoms with Crippen molar-refractivity contribution in [1.82, 2.24) is 25.3 Å². The summed E-state index contributed by atoms with van der Waals surface area (Å²) in [5, 5.41) is 12.8. The van der Waals surface area contributed by atoms with Crippen LogP contribution in [-0.4, -0.2) is 63.0 Å². The normalized spacial score (nSPS) is 13.5. The molecule has 11 heteroatoms. The van der Waals surface area contributed by atoms with E-state index in [2.05, 4.69) is 25.6 Å². The molecule has 0 saturated heterocycles. The van der Waals surface area contributed by atoms with Gasteiger partial charge in [-0.25, -0.2) is 14.8 Å². The Morgan fingerprint density at radius 1 is 1.39 bits per heavy atom. The predicted octanol–water partition coefficient (Wildman–Crippen LogP) is 1.18. The molecule has 0 spiro atoms. The second-order valence-electron chi connectivity index (χ2n) is 6.29. The summed E-state index contributed by atoms with van der Waals surface area (Å²) in [7, 11) is 1.99. The third-order valence-corrected chi connectivity index (χ3v) is 5.17. The molecule has 0 saturated carbocycles. The first kappa shape index (κ1) is 19.7. The zero-order valence-electron chi connectivity index (χ0n) is 15.2. The third kappa shape index (κ3) is 5.02. The van der Waals surface area contributed by atoms with Gasteiger partial charge < -0.3 is 15.3 Å². The average Bonchev–Trinajstić information content (AvgIpc) is 3.08. The topological polar surface area (TPSA) is 128 Å². The van der Waals surface area contributed by atoms with Gasteiger partial charge in [-0.1, -0.05) is 0 Å². The number of fused-ring (bicyclic) bond motifs is 1. The van der Waals surface area contributed by atoms with Crippen LogP contribution in [0.25, 0.3) is 0 Å². The molecular formula is C17H20N6O4S. The molecule has 10 nitrogen and oxygen atoms in total. The van der Waals surface area contributed by atoms with Crippen LogP contribution in [0.1, 0.15) is 26.8 Å². The number of likely N-dealkylation sites (N-methyl/N-ethyl adjacent to an activating group) is 1. The summed E-state index contributed by atoms with van der Waals surface area (Å²) < 4.78 is 0. The lowest BCUT2D eigenvalue weighted by Gasteiger charge is -2.20. The highest BCUT2D eigenvalue weighted by molar-refractivity contribution is 7.13. The maximum absolute atomic E-state index is 12.4. The van der Waals surface area contributed by atoms with Crippen LogP contribution >= 0.6 is 11.3 Å². The average molecular weight is 404 g/mol. The van der Waals surface area contributed by atoms with Gasteiger partial charge in [0.05, 0.1) is 24.1 Å². The van der Waals surface area contributed by atoms with Crippen molar-refractivity contribution < 1.29 is 19.5 Å². The van der Waals surface area contributed by atoms with Crippen LogP contribution in [-0.2, 0) is 17.8 Å². The largest absolute Gasteiger partial charge is 0.464 e. The molecule has 0 radical (unpaired) electrons. The van der Waals surface area contributed by atoms with Gasteiger partial charge in [0.15, 0.2) is 5.01 Å². The van der Waals surface area contributed by atoms with Gasteiger partial charge in [-0.2, -0.15) is 0 Å². The maximum atomic E-state index is 12.4. The van der Waals surface area contributed by atoms with Gasteiger partial charge in [-0.3, -0.25) is 20.0 Å². The minimum absolute atomic E-state index is 0.124. The molecule has 3 rings (SSSR count). The zero-order chi connectivity index (χ0) is 20.1. The second-order valence-corrected chi connectivity index (χ2v) is 7.38. The highest BCUT2D eigenvalue weighted by Gasteiger charge is 2.24. The van der Waals surface area contributed by atoms with Gasteiger partial charge in [0.2, 0.25) is 5.91 Å². The number of anilines is 1. The minimum Gasteiger partial charge on any atom is -0.464 e. The van der Waals surface area contributed by atoms with E-state index in [9.17, 15) is 19.5 Å². The van der Waals surface area contributed by atoms with Gasteiger partial charge in [0.25, 0.3) is 5.91 Å². The molecule has 3 amide bonds. The first-order valence-corrected chi connectivity index (χ1v) is 9.42. The van der Waals surface area contributed by atoms with E-state index in [0.717, 1.165) is 30.1 Å². The molecule has 0 fully saturated rings. The van der Waals surface area contributed by atoms with Crippen molar-refractivity contribution in [2.75, 3.05) is 25.5 Å². The van der Waals surface area contributed by atoms with E-state index in [-0.39, 0.29) is 23.9 Å². The molecule has 148 valence electrons. The van der Waals surface area contributed by atoms with Gasteiger partial charge in [0, 0.05) is 37.0 Å². The number of carbonyl (C=O) groups excluding carboxylic acids is 2. The number of carbonyl (C=O) groups is 3. The van der Waals surface area contributed by atoms with Gasteiger partial charge in [-0.15, -0.1) is 11.3 Å². The molecule has 1 aliphatic rings. The van der Waals surface area contributed by atoms with E-state index >= 15 is 0 Å². The molecule has 28 heavy (non-hydrogen) atoms. The molecule has 0 aromatic carbocycles. The lowest BCUT2D eigenvalue weighted by Crippen LogP contribution is -2.46. The fourth-order valence-corrected chi connectivity index (χ4v) is 3.74. The second kappa shape index (κ2) is 8.76. The van der Waals surface area contributed by atoms with Gasteiger partial charge in [-0.05, 0) is 19.2 Å². The number of thiazole rings is 1. The summed E-state index contributed by atoms with van der Waals surface area (Å²) in [6.07, 6.45) is 2.33. The molecule has 3 N–H and O–H groups in total. The van der Waals surface area contributed by atoms with E-state index in [1.165, 1.54) is 17.5 Å². The van der Waals surface area contributed by atoms with Crippen molar-refractivity contribution in [3.05, 3.63) is 40.1 Å². The molecule has 2 aromatic rings. The molecule has 0 aliphatic carbocycles. The van der Waals surface area contributed by atoms with Crippen LogP contribution in [0.2, 0.25) is 0 Å². The van der Waals surface area contributed by atoms with Crippen molar-refractivity contribution in [2.24, 2.45) is 0 Å². The molecule has 0 unspecified atom stereocenters. The van der Waals surface area contributed by atoms with Crippen LogP contribution in [0.3, 0.4) is 0 Å². The Kier molecular flexibility index (Phi) is 6.16. The fraction of sp³-hybridized carbons (Fsp3) is 0.353. The van der Waals surface area contributed by atoms with Gasteiger partial charge in [0.1, 0.15) is 0 Å². The molecule has 1 aliphatic heterocycles. The standard InChI is InChI=1S/C17H20N6O4S/c1-22-7-4-12-13(10-22)28-16(20-12)15(25)21-23(17(26)27)8-5-14(24)19-11-3-2-6-18-9-11/h2-3,6,9H,4-5,7-8,10H2,1H3,(H,19,24)(H,21,25)(H,26,27). The summed E-state index contributed by atoms with van der Waals surface area (Å²) in [5.74, 6) is -0.988. The number of nitrogens with one attached hydrogen (secondary N) is 2. The van der Waals surface area contributed by atoms with Crippen LogP contribution in [0, 0.1) is 0 Å². The van der Waals surface area contributed by atoms with E-state index in [1.54, 1.807) is 18.3 Å². The van der Waals surface area contributed by atoms with Crippen LogP contribution in [0.5, 0.6) is 0 Å². The quantitative estimate of drug-likeness (QED) is 0.639. The first-order valence-electron chi connectivity index (χ1n) is 8.61. The van der Waals surface area contributed by atoms with E-state index in [0.29, 0.717) is 10.7 Å². The number of aromatic nitrogens is 2. The molecule has 2 aromatic heterocycles. The number of amides is 3. The number of nitrogens with zero attached hydrogens (tertiary/aromatic N) is 4. The fourth-order valence-electron chi connectivity index (χ4n) is 2.66. The number of rotatable bonds is 5. The Morgan fingerprint density at radius 2 is 2.21 bits per heavy atom. The number of hydrogen-bond donors (Lipinski definition) is 3. The highest BCUT2D eigenvalue weighted by atomic mass is 32.1. The lowest BCUT2D eigenvalue weighted by atomic mass is 10.2. The minimum atomic E-state index is -1.36. The van der Waals surface area contributed by atoms with Crippen LogP contribution in [0.15, 0.2) is 24.5 Å². The van der Waals surface area contributed by atoms with Crippen LogP contribution in [0.4, 0.5) is 10.5 Å². The Balaban J connectivity index is 1.56. The smallest absolute Gasteiger partial charge is 0.426 e. The Labute approximate surface area is 165 Å². The van der Waals surface area contributed by atoms with Gasteiger partial charge >= 0.3 is 6.09 Å². The molecule has 3 heterocycles. The molecule has 0 bridgehead atoms. The van der Waals surface area contributed by atoms with Crippen molar-refractivity contribution in [3.8, 4) is 0 Å². The number of carboxylic acid groups (broad SMARTS) is 1. The van der Waals surface area contributed by atoms with Crippen molar-refractivity contribution in [2.45, 2.75) is 19.4 Å². The molecule has 0 atom stereocenters. The van der Waals surface area contributed by atoms with E-state index in [1.807, 2.05) is 7.05 Å². The Bertz CT molecular complexity index is 872. The SMILES string of the molecule is CN1CCc2nc(C(=O)NN(CCC(=O)Nc3cccnc3)C(=O)O)sc2C1. The van der Waals surface area contributed by atoms with Crippen molar-refractivity contribution in [3.63, 3.8) is 0 Å². The number of hydrazine groups is 1. The number of pyridine rings is 1. The van der Waals surface area contributed by atoms with Crippen LogP contribution < -0.4 is 10.7 Å². The lowest BCUT2D eigenvalue weighted by molar-refractivity contribution is -0.116. The third-order valence-electron chi connectivity index (χ3n) is 4.09. The monoisotopic (exact) mass is 404 g/mol. The Hall–Kier alpha value is -3.05. The first-order chi connectivity index (χ1) is 13.4. The number of hydrogen-bond acceptors (Lipinski definition) is 7. The van der Waals surface area contributed by atoms with E-state index in [4.69, 9.17) is 0 Å². The maximum Gasteiger partial charge on any atom is 0.426 e.